The van der Waals surface area contributed by atoms with E-state index >= 15 is 0 Å². The zero-order valence-corrected chi connectivity index (χ0v) is 11.1. The second kappa shape index (κ2) is 7.25. The zero-order valence-electron chi connectivity index (χ0n) is 11.1. The average molecular weight is 261 g/mol. The molecule has 19 heavy (non-hydrogen) atoms. The minimum Gasteiger partial charge on any atom is -0.373 e. The molecule has 1 aromatic carbocycles. The molecule has 4 heteroatoms. The van der Waals surface area contributed by atoms with E-state index in [9.17, 15) is 0 Å². The molecule has 3 atom stereocenters. The lowest BCUT2D eigenvalue weighted by Gasteiger charge is -2.33. The molecule has 1 heterocycles. The van der Waals surface area contributed by atoms with Crippen LogP contribution in [0.25, 0.3) is 0 Å². The molecule has 0 N–H and O–H groups in total. The van der Waals surface area contributed by atoms with Gasteiger partial charge in [0.1, 0.15) is 0 Å². The molecule has 0 aromatic heterocycles. The molecule has 0 spiro atoms. The highest BCUT2D eigenvalue weighted by atomic mass is 16.7. The normalized spacial score (nSPS) is 26.8. The van der Waals surface area contributed by atoms with E-state index in [2.05, 4.69) is 6.07 Å². The molecule has 1 unspecified atom stereocenters. The van der Waals surface area contributed by atoms with Gasteiger partial charge in [-0.1, -0.05) is 30.3 Å². The van der Waals surface area contributed by atoms with Crippen LogP contribution in [0, 0.1) is 11.3 Å². The Labute approximate surface area is 113 Å². The fourth-order valence-electron chi connectivity index (χ4n) is 2.24. The Kier molecular flexibility index (Phi) is 5.34. The van der Waals surface area contributed by atoms with Gasteiger partial charge in [-0.3, -0.25) is 0 Å². The summed E-state index contributed by atoms with van der Waals surface area (Å²) in [4.78, 5) is 0. The molecular weight excluding hydrogens is 242 g/mol. The number of ether oxygens (including phenoxy) is 3. The van der Waals surface area contributed by atoms with Crippen molar-refractivity contribution in [3.8, 4) is 6.07 Å². The third-order valence-corrected chi connectivity index (χ3v) is 3.24. The number of rotatable bonds is 5. The second-order valence-electron chi connectivity index (χ2n) is 4.68. The van der Waals surface area contributed by atoms with Crippen molar-refractivity contribution < 1.29 is 14.2 Å². The Morgan fingerprint density at radius 2 is 2.11 bits per heavy atom. The first-order valence-electron chi connectivity index (χ1n) is 6.52. The third-order valence-electron chi connectivity index (χ3n) is 3.24. The van der Waals surface area contributed by atoms with Crippen molar-refractivity contribution in [2.75, 3.05) is 7.11 Å². The number of nitrogens with zero attached hydrogens (tertiary/aromatic N) is 1. The van der Waals surface area contributed by atoms with E-state index in [-0.39, 0.29) is 18.5 Å². The maximum absolute atomic E-state index is 8.76. The van der Waals surface area contributed by atoms with Crippen molar-refractivity contribution in [2.45, 2.75) is 44.4 Å². The largest absolute Gasteiger partial charge is 0.373 e. The smallest absolute Gasteiger partial charge is 0.160 e. The van der Waals surface area contributed by atoms with Gasteiger partial charge in [-0.05, 0) is 5.56 Å². The Morgan fingerprint density at radius 3 is 2.79 bits per heavy atom. The van der Waals surface area contributed by atoms with E-state index in [0.29, 0.717) is 19.4 Å². The Morgan fingerprint density at radius 1 is 1.32 bits per heavy atom. The summed E-state index contributed by atoms with van der Waals surface area (Å²) < 4.78 is 16.8. The molecule has 0 amide bonds. The van der Waals surface area contributed by atoms with Gasteiger partial charge in [0.2, 0.25) is 0 Å². The van der Waals surface area contributed by atoms with Crippen molar-refractivity contribution in [1.82, 2.24) is 0 Å². The van der Waals surface area contributed by atoms with Crippen LogP contribution < -0.4 is 0 Å². The summed E-state index contributed by atoms with van der Waals surface area (Å²) in [5, 5.41) is 8.76. The van der Waals surface area contributed by atoms with E-state index in [1.54, 1.807) is 7.11 Å². The lowest BCUT2D eigenvalue weighted by molar-refractivity contribution is -0.211. The van der Waals surface area contributed by atoms with Crippen molar-refractivity contribution >= 4 is 0 Å². The first-order chi connectivity index (χ1) is 9.31. The van der Waals surface area contributed by atoms with Gasteiger partial charge in [-0.25, -0.2) is 0 Å². The summed E-state index contributed by atoms with van der Waals surface area (Å²) in [6, 6.07) is 12.2. The maximum Gasteiger partial charge on any atom is 0.160 e. The number of nitriles is 1. The van der Waals surface area contributed by atoms with E-state index in [1.807, 2.05) is 30.3 Å². The minimum absolute atomic E-state index is 0.0808. The van der Waals surface area contributed by atoms with Crippen LogP contribution in [-0.4, -0.2) is 25.6 Å². The predicted octanol–water partition coefficient (Wildman–Crippen LogP) is 2.64. The van der Waals surface area contributed by atoms with Gasteiger partial charge < -0.3 is 14.2 Å². The van der Waals surface area contributed by atoms with E-state index in [1.165, 1.54) is 0 Å². The van der Waals surface area contributed by atoms with Crippen molar-refractivity contribution in [3.63, 3.8) is 0 Å². The van der Waals surface area contributed by atoms with E-state index < -0.39 is 0 Å². The molecule has 1 aromatic rings. The fourth-order valence-corrected chi connectivity index (χ4v) is 2.24. The molecule has 102 valence electrons. The van der Waals surface area contributed by atoms with E-state index in [0.717, 1.165) is 12.0 Å². The average Bonchev–Trinajstić information content (AvgIpc) is 2.46. The molecule has 1 fully saturated rings. The molecule has 2 rings (SSSR count). The maximum atomic E-state index is 8.76. The first kappa shape index (κ1) is 14.0. The predicted molar refractivity (Wildman–Crippen MR) is 70.2 cm³/mol. The first-order valence-corrected chi connectivity index (χ1v) is 6.52. The molecule has 0 bridgehead atoms. The van der Waals surface area contributed by atoms with Crippen LogP contribution in [-0.2, 0) is 20.8 Å². The Balaban J connectivity index is 1.86. The minimum atomic E-state index is -0.270. The topological polar surface area (TPSA) is 51.5 Å². The van der Waals surface area contributed by atoms with Crippen LogP contribution in [0.3, 0.4) is 0 Å². The van der Waals surface area contributed by atoms with Crippen LogP contribution in [0.5, 0.6) is 0 Å². The highest BCUT2D eigenvalue weighted by molar-refractivity contribution is 5.13. The van der Waals surface area contributed by atoms with Gasteiger partial charge in [0.25, 0.3) is 0 Å². The fraction of sp³-hybridized carbons (Fsp3) is 0.533. The van der Waals surface area contributed by atoms with Crippen LogP contribution in [0.2, 0.25) is 0 Å². The van der Waals surface area contributed by atoms with Crippen LogP contribution >= 0.6 is 0 Å². The second-order valence-corrected chi connectivity index (χ2v) is 4.68. The molecule has 1 aliphatic rings. The Hall–Kier alpha value is -1.41. The summed E-state index contributed by atoms with van der Waals surface area (Å²) in [5.74, 6) is 0. The van der Waals surface area contributed by atoms with Gasteiger partial charge in [-0.15, -0.1) is 0 Å². The monoisotopic (exact) mass is 261 g/mol. The summed E-state index contributed by atoms with van der Waals surface area (Å²) in [5.41, 5.74) is 1.15. The molecule has 1 aliphatic heterocycles. The summed E-state index contributed by atoms with van der Waals surface area (Å²) in [6.07, 6.45) is 1.56. The van der Waals surface area contributed by atoms with Gasteiger partial charge >= 0.3 is 0 Å². The van der Waals surface area contributed by atoms with Crippen LogP contribution in [0.15, 0.2) is 30.3 Å². The quantitative estimate of drug-likeness (QED) is 0.817. The van der Waals surface area contributed by atoms with Crippen LogP contribution in [0.4, 0.5) is 0 Å². The molecular formula is C15H19NO3. The lowest BCUT2D eigenvalue weighted by Crippen LogP contribution is -2.37. The summed E-state index contributed by atoms with van der Waals surface area (Å²) in [7, 11) is 1.62. The molecule has 1 saturated heterocycles. The third kappa shape index (κ3) is 4.32. The molecule has 0 radical (unpaired) electrons. The Bertz CT molecular complexity index is 415. The highest BCUT2D eigenvalue weighted by Gasteiger charge is 2.29. The van der Waals surface area contributed by atoms with Gasteiger partial charge in [0.05, 0.1) is 31.3 Å². The van der Waals surface area contributed by atoms with E-state index in [4.69, 9.17) is 19.5 Å². The number of benzene rings is 1. The van der Waals surface area contributed by atoms with Crippen LogP contribution in [0.1, 0.15) is 24.8 Å². The highest BCUT2D eigenvalue weighted by Crippen LogP contribution is 2.25. The summed E-state index contributed by atoms with van der Waals surface area (Å²) in [6.45, 7) is 0.585. The standard InChI is InChI=1S/C15H19NO3/c1-17-15-10-14(9-13(19-15)7-8-16)18-11-12-5-3-2-4-6-12/h2-6,13-15H,7,9-11H2,1H3/t13-,14-,15?/m1/s1. The van der Waals surface area contributed by atoms with Gasteiger partial charge in [0.15, 0.2) is 6.29 Å². The molecule has 0 saturated carbocycles. The number of methoxy groups -OCH3 is 1. The van der Waals surface area contributed by atoms with Gasteiger partial charge in [-0.2, -0.15) is 5.26 Å². The zero-order chi connectivity index (χ0) is 13.5. The lowest BCUT2D eigenvalue weighted by atomic mass is 10.0. The van der Waals surface area contributed by atoms with Crippen molar-refractivity contribution in [1.29, 1.82) is 5.26 Å². The number of hydrogen-bond donors (Lipinski definition) is 0. The van der Waals surface area contributed by atoms with Crippen molar-refractivity contribution in [2.24, 2.45) is 0 Å². The SMILES string of the molecule is COC1C[C@H](OCc2ccccc2)C[C@@H](CC#N)O1. The van der Waals surface area contributed by atoms with Gasteiger partial charge in [0, 0.05) is 20.0 Å². The van der Waals surface area contributed by atoms with Crippen molar-refractivity contribution in [3.05, 3.63) is 35.9 Å². The number of hydrogen-bond acceptors (Lipinski definition) is 4. The summed E-state index contributed by atoms with van der Waals surface area (Å²) >= 11 is 0. The molecule has 0 aliphatic carbocycles. The molecule has 4 nitrogen and oxygen atoms in total.